The topological polar surface area (TPSA) is 46.2 Å². The maximum Gasteiger partial charge on any atom is 0.152 e. The van der Waals surface area contributed by atoms with E-state index in [-0.39, 0.29) is 11.5 Å². The van der Waals surface area contributed by atoms with E-state index in [2.05, 4.69) is 17.9 Å². The summed E-state index contributed by atoms with van der Waals surface area (Å²) in [6, 6.07) is 0. The second kappa shape index (κ2) is 3.16. The predicted molar refractivity (Wildman–Crippen MR) is 56.4 cm³/mol. The average molecular weight is 225 g/mol. The molecule has 3 nitrogen and oxygen atoms in total. The fraction of sp³-hybridized carbons (Fsp3) is 0.833. The molecule has 0 aromatic rings. The number of nitrogens with one attached hydrogen (secondary N) is 1. The van der Waals surface area contributed by atoms with Gasteiger partial charge in [0.25, 0.3) is 0 Å². The van der Waals surface area contributed by atoms with Gasteiger partial charge in [0.2, 0.25) is 0 Å². The highest BCUT2D eigenvalue weighted by atomic mass is 32.2. The molecule has 1 saturated heterocycles. The molecule has 1 atom stereocenters. The molecule has 0 spiro atoms. The van der Waals surface area contributed by atoms with Gasteiger partial charge in [0.15, 0.2) is 9.84 Å². The molecule has 0 aliphatic carbocycles. The van der Waals surface area contributed by atoms with Gasteiger partial charge in [-0.15, -0.1) is 12.6 Å². The Kier molecular flexibility index (Phi) is 2.70. The number of sulfone groups is 1. The molecular formula is C6H11NO2S3. The minimum absolute atomic E-state index is 0.153. The lowest BCUT2D eigenvalue weighted by atomic mass is 10.0. The summed E-state index contributed by atoms with van der Waals surface area (Å²) >= 11 is 8.65. The molecule has 0 radical (unpaired) electrons. The second-order valence-electron chi connectivity index (χ2n) is 3.33. The van der Waals surface area contributed by atoms with Crippen molar-refractivity contribution in [3.05, 3.63) is 0 Å². The van der Waals surface area contributed by atoms with Gasteiger partial charge in [-0.05, 0) is 13.3 Å². The molecule has 1 aliphatic heterocycles. The quantitative estimate of drug-likeness (QED) is 0.500. The highest BCUT2D eigenvalue weighted by Crippen LogP contribution is 2.22. The Morgan fingerprint density at radius 1 is 1.67 bits per heavy atom. The Bertz CT molecular complexity index is 298. The van der Waals surface area contributed by atoms with Crippen molar-refractivity contribution >= 4 is 39.0 Å². The van der Waals surface area contributed by atoms with Crippen molar-refractivity contribution in [2.75, 3.05) is 11.5 Å². The van der Waals surface area contributed by atoms with Crippen LogP contribution >= 0.6 is 24.8 Å². The molecule has 0 saturated carbocycles. The molecule has 1 fully saturated rings. The van der Waals surface area contributed by atoms with E-state index < -0.39 is 15.4 Å². The highest BCUT2D eigenvalue weighted by Gasteiger charge is 2.38. The summed E-state index contributed by atoms with van der Waals surface area (Å²) in [7, 11) is -2.86. The third-order valence-corrected chi connectivity index (χ3v) is 4.03. The fourth-order valence-electron chi connectivity index (χ4n) is 1.37. The van der Waals surface area contributed by atoms with Crippen LogP contribution in [0.4, 0.5) is 0 Å². The molecule has 0 aromatic heterocycles. The summed E-state index contributed by atoms with van der Waals surface area (Å²) in [5.74, 6) is 0.396. The summed E-state index contributed by atoms with van der Waals surface area (Å²) in [5, 5.41) is 2.89. The molecule has 1 rings (SSSR count). The number of hydrogen-bond donors (Lipinski definition) is 2. The van der Waals surface area contributed by atoms with Crippen molar-refractivity contribution in [3.63, 3.8) is 0 Å². The van der Waals surface area contributed by atoms with E-state index >= 15 is 0 Å². The van der Waals surface area contributed by atoms with Gasteiger partial charge in [0.1, 0.15) is 4.32 Å². The Morgan fingerprint density at radius 3 is 2.58 bits per heavy atom. The highest BCUT2D eigenvalue weighted by molar-refractivity contribution is 8.11. The predicted octanol–water partition coefficient (Wildman–Crippen LogP) is 0.368. The second-order valence-corrected chi connectivity index (χ2v) is 6.67. The van der Waals surface area contributed by atoms with E-state index in [1.165, 1.54) is 0 Å². The molecule has 1 heterocycles. The van der Waals surface area contributed by atoms with Crippen molar-refractivity contribution in [2.24, 2.45) is 0 Å². The van der Waals surface area contributed by atoms with Crippen molar-refractivity contribution < 1.29 is 8.42 Å². The van der Waals surface area contributed by atoms with Crippen LogP contribution in [0, 0.1) is 0 Å². The van der Waals surface area contributed by atoms with Crippen LogP contribution in [0.15, 0.2) is 0 Å². The first-order valence-electron chi connectivity index (χ1n) is 3.55. The zero-order valence-corrected chi connectivity index (χ0v) is 9.23. The van der Waals surface area contributed by atoms with E-state index in [0.29, 0.717) is 10.7 Å². The van der Waals surface area contributed by atoms with Gasteiger partial charge < -0.3 is 5.32 Å². The minimum Gasteiger partial charge on any atom is -0.365 e. The van der Waals surface area contributed by atoms with Gasteiger partial charge in [0.05, 0.1) is 17.0 Å². The summed E-state index contributed by atoms with van der Waals surface area (Å²) < 4.78 is 22.6. The average Bonchev–Trinajstić information content (AvgIpc) is 2.03. The molecule has 1 N–H and O–H groups in total. The minimum atomic E-state index is -2.86. The molecule has 1 aliphatic rings. The maximum atomic E-state index is 11.1. The smallest absolute Gasteiger partial charge is 0.152 e. The van der Waals surface area contributed by atoms with Gasteiger partial charge >= 0.3 is 0 Å². The number of rotatable bonds is 1. The zero-order valence-electron chi connectivity index (χ0n) is 6.70. The zero-order chi connectivity index (χ0) is 9.41. The molecule has 0 bridgehead atoms. The maximum absolute atomic E-state index is 11.1. The van der Waals surface area contributed by atoms with Crippen molar-refractivity contribution in [1.82, 2.24) is 5.32 Å². The summed E-state index contributed by atoms with van der Waals surface area (Å²) in [4.78, 5) is 0. The first kappa shape index (κ1) is 10.3. The first-order valence-corrected chi connectivity index (χ1v) is 6.22. The standard InChI is InChI=1S/C6H11NO2S3/c1-6(7-5(10)11)2-3-12(8,9)4-6/h2-4H2,1H3,(H2,7,10,11)/t6-/m1/s1. The van der Waals surface area contributed by atoms with Gasteiger partial charge in [-0.25, -0.2) is 8.42 Å². The summed E-state index contributed by atoms with van der Waals surface area (Å²) in [6.45, 7) is 1.85. The lowest BCUT2D eigenvalue weighted by molar-refractivity contribution is 0.478. The Hall–Kier alpha value is 0.190. The fourth-order valence-corrected chi connectivity index (χ4v) is 3.98. The molecule has 6 heteroatoms. The van der Waals surface area contributed by atoms with Crippen LogP contribution in [0.5, 0.6) is 0 Å². The SMILES string of the molecule is C[C@@]1(NC(=S)S)CCS(=O)(=O)C1. The molecule has 0 aromatic carbocycles. The lowest BCUT2D eigenvalue weighted by Crippen LogP contribution is -2.44. The third-order valence-electron chi connectivity index (χ3n) is 1.91. The largest absolute Gasteiger partial charge is 0.365 e. The Labute approximate surface area is 83.2 Å². The molecule has 12 heavy (non-hydrogen) atoms. The van der Waals surface area contributed by atoms with Crippen molar-refractivity contribution in [2.45, 2.75) is 18.9 Å². The number of thiocarbonyl (C=S) groups is 1. The van der Waals surface area contributed by atoms with Crippen molar-refractivity contribution in [3.8, 4) is 0 Å². The van der Waals surface area contributed by atoms with E-state index in [1.807, 2.05) is 6.92 Å². The van der Waals surface area contributed by atoms with Crippen LogP contribution in [0.1, 0.15) is 13.3 Å². The Morgan fingerprint density at radius 2 is 2.25 bits per heavy atom. The number of hydrogen-bond acceptors (Lipinski definition) is 3. The van der Waals surface area contributed by atoms with Gasteiger partial charge in [0, 0.05) is 0 Å². The monoisotopic (exact) mass is 225 g/mol. The van der Waals surface area contributed by atoms with Crippen LogP contribution in [0.2, 0.25) is 0 Å². The summed E-state index contributed by atoms with van der Waals surface area (Å²) in [5.41, 5.74) is -0.405. The number of thiol groups is 1. The molecular weight excluding hydrogens is 214 g/mol. The van der Waals surface area contributed by atoms with Gasteiger partial charge in [-0.3, -0.25) is 0 Å². The Balaban J connectivity index is 2.71. The normalized spacial score (nSPS) is 33.2. The van der Waals surface area contributed by atoms with Crippen LogP contribution in [0.3, 0.4) is 0 Å². The molecule has 0 unspecified atom stereocenters. The van der Waals surface area contributed by atoms with Crippen LogP contribution in [-0.2, 0) is 9.84 Å². The van der Waals surface area contributed by atoms with Crippen LogP contribution in [-0.4, -0.2) is 29.8 Å². The van der Waals surface area contributed by atoms with Crippen LogP contribution < -0.4 is 5.32 Å². The molecule has 0 amide bonds. The van der Waals surface area contributed by atoms with E-state index in [4.69, 9.17) is 12.2 Å². The lowest BCUT2D eigenvalue weighted by Gasteiger charge is -2.23. The first-order chi connectivity index (χ1) is 5.33. The summed E-state index contributed by atoms with van der Waals surface area (Å²) in [6.07, 6.45) is 0.607. The van der Waals surface area contributed by atoms with Gasteiger partial charge in [-0.2, -0.15) is 0 Å². The molecule has 70 valence electrons. The van der Waals surface area contributed by atoms with Gasteiger partial charge in [-0.1, -0.05) is 12.2 Å². The van der Waals surface area contributed by atoms with Crippen LogP contribution in [0.25, 0.3) is 0 Å². The third kappa shape index (κ3) is 2.60. The van der Waals surface area contributed by atoms with Crippen molar-refractivity contribution in [1.29, 1.82) is 0 Å². The van der Waals surface area contributed by atoms with E-state index in [0.717, 1.165) is 0 Å². The van der Waals surface area contributed by atoms with E-state index in [9.17, 15) is 8.42 Å². The van der Waals surface area contributed by atoms with E-state index in [1.54, 1.807) is 0 Å².